The Hall–Kier alpha value is -4.73. The van der Waals surface area contributed by atoms with E-state index in [2.05, 4.69) is 15.5 Å². The van der Waals surface area contributed by atoms with Crippen molar-refractivity contribution in [3.8, 4) is 11.1 Å². The van der Waals surface area contributed by atoms with E-state index in [0.29, 0.717) is 22.0 Å². The van der Waals surface area contributed by atoms with Crippen LogP contribution in [-0.4, -0.2) is 36.9 Å². The van der Waals surface area contributed by atoms with E-state index >= 15 is 8.78 Å². The molecule has 51 heavy (non-hydrogen) atoms. The number of nitrogens with zero attached hydrogens (tertiary/aromatic N) is 5. The molecule has 1 amide bonds. The number of pyridine rings is 1. The summed E-state index contributed by atoms with van der Waals surface area (Å²) < 4.78 is 116. The van der Waals surface area contributed by atoms with Gasteiger partial charge in [-0.1, -0.05) is 17.7 Å². The Labute approximate surface area is 289 Å². The van der Waals surface area contributed by atoms with E-state index in [1.165, 1.54) is 12.1 Å². The van der Waals surface area contributed by atoms with Gasteiger partial charge < -0.3 is 11.1 Å². The molecule has 2 aromatic carbocycles. The number of hydrogen-bond donors (Lipinski definition) is 2. The van der Waals surface area contributed by atoms with Crippen LogP contribution >= 0.6 is 11.6 Å². The second kappa shape index (κ2) is 12.5. The number of alkyl halides is 6. The van der Waals surface area contributed by atoms with Crippen molar-refractivity contribution in [1.29, 1.82) is 0 Å². The lowest BCUT2D eigenvalue weighted by atomic mass is 9.92. The summed E-state index contributed by atoms with van der Waals surface area (Å²) in [5.41, 5.74) is 6.27. The molecule has 5 aromatic rings. The number of anilines is 1. The molecule has 268 valence electrons. The van der Waals surface area contributed by atoms with E-state index in [-0.39, 0.29) is 62.5 Å². The molecule has 0 unspecified atom stereocenters. The minimum absolute atomic E-state index is 0.0327. The lowest BCUT2D eigenvalue weighted by molar-refractivity contribution is -0.123. The molecule has 0 radical (unpaired) electrons. The number of halogens is 9. The summed E-state index contributed by atoms with van der Waals surface area (Å²) in [4.78, 5) is 18.4. The molecule has 2 aliphatic rings. The van der Waals surface area contributed by atoms with Gasteiger partial charge in [-0.3, -0.25) is 19.1 Å². The third kappa shape index (κ3) is 6.06. The average molecular weight is 738 g/mol. The van der Waals surface area contributed by atoms with Crippen molar-refractivity contribution in [1.82, 2.24) is 29.9 Å². The number of benzene rings is 2. The van der Waals surface area contributed by atoms with Crippen molar-refractivity contribution in [3.63, 3.8) is 0 Å². The Morgan fingerprint density at radius 3 is 2.39 bits per heavy atom. The molecule has 0 saturated heterocycles. The molecule has 3 aromatic heterocycles. The first kappa shape index (κ1) is 34.7. The number of amides is 1. The predicted octanol–water partition coefficient (Wildman–Crippen LogP) is 7.94. The fourth-order valence-corrected chi connectivity index (χ4v) is 7.38. The number of carbonyl (C=O) groups excluding carboxylic acids is 1. The highest BCUT2D eigenvalue weighted by Gasteiger charge is 2.67. The maximum absolute atomic E-state index is 15.3. The zero-order valence-electron chi connectivity index (χ0n) is 26.8. The van der Waals surface area contributed by atoms with Crippen LogP contribution in [0.1, 0.15) is 64.3 Å². The van der Waals surface area contributed by atoms with E-state index in [0.717, 1.165) is 16.8 Å². The van der Waals surface area contributed by atoms with Crippen molar-refractivity contribution < 1.29 is 39.9 Å². The molecule has 1 fully saturated rings. The molecule has 8 nitrogen and oxygen atoms in total. The van der Waals surface area contributed by atoms with Crippen LogP contribution in [0.4, 0.5) is 40.9 Å². The first-order valence-electron chi connectivity index (χ1n) is 15.8. The first-order chi connectivity index (χ1) is 24.0. The molecule has 7 rings (SSSR count). The number of nitrogen functional groups attached to an aromatic ring is 1. The van der Waals surface area contributed by atoms with Crippen molar-refractivity contribution in [2.75, 3.05) is 5.73 Å². The van der Waals surface area contributed by atoms with Crippen LogP contribution in [0.3, 0.4) is 0 Å². The van der Waals surface area contributed by atoms with Gasteiger partial charge in [-0.2, -0.15) is 19.0 Å². The number of fused-ring (bicyclic) bond motifs is 4. The molecule has 1 saturated carbocycles. The summed E-state index contributed by atoms with van der Waals surface area (Å²) >= 11 is 6.43. The summed E-state index contributed by atoms with van der Waals surface area (Å²) in [5.74, 6) is -8.32. The first-order valence-corrected chi connectivity index (χ1v) is 16.1. The maximum Gasteiger partial charge on any atom is 0.293 e. The number of carbonyl (C=O) groups is 1. The van der Waals surface area contributed by atoms with Crippen LogP contribution in [-0.2, 0) is 30.2 Å². The minimum Gasteiger partial charge on any atom is -0.382 e. The molecular weight excluding hydrogens is 710 g/mol. The van der Waals surface area contributed by atoms with Crippen LogP contribution in [0.5, 0.6) is 0 Å². The molecule has 3 N–H and O–H groups in total. The molecular formula is C34H28ClF8N7O. The monoisotopic (exact) mass is 737 g/mol. The minimum atomic E-state index is -3.48. The second-order valence-corrected chi connectivity index (χ2v) is 13.3. The number of aryl methyl sites for hydroxylation is 2. The van der Waals surface area contributed by atoms with Gasteiger partial charge in [0, 0.05) is 34.4 Å². The third-order valence-corrected chi connectivity index (χ3v) is 9.77. The molecule has 0 aliphatic heterocycles. The number of nitrogens with one attached hydrogen (secondary N) is 1. The second-order valence-electron chi connectivity index (χ2n) is 12.9. The SMILES string of the molecule is Cc1cc(-c2ccc(Cl)c3c(N)nn(CC(F)F)c23)c([C@H](Cc2cc(F)cc(F)c2)NC(=O)Cn2nc(C(F)F)c3c2C(F)(F)[C@@H]2C[C@H]32)nc1C. The van der Waals surface area contributed by atoms with E-state index < -0.39 is 78.7 Å². The Bertz CT molecular complexity index is 2200. The van der Waals surface area contributed by atoms with Crippen LogP contribution in [0.15, 0.2) is 36.4 Å². The normalized spacial score (nSPS) is 18.1. The highest BCUT2D eigenvalue weighted by atomic mass is 35.5. The van der Waals surface area contributed by atoms with Crippen LogP contribution in [0.25, 0.3) is 22.0 Å². The smallest absolute Gasteiger partial charge is 0.293 e. The molecule has 0 spiro atoms. The molecule has 0 bridgehead atoms. The van der Waals surface area contributed by atoms with Gasteiger partial charge in [0.05, 0.1) is 27.7 Å². The summed E-state index contributed by atoms with van der Waals surface area (Å²) in [6, 6.07) is 6.14. The fraction of sp³-hybridized carbons (Fsp3) is 0.353. The van der Waals surface area contributed by atoms with Gasteiger partial charge in [0.2, 0.25) is 5.91 Å². The van der Waals surface area contributed by atoms with Gasteiger partial charge in [0.15, 0.2) is 5.82 Å². The summed E-state index contributed by atoms with van der Waals surface area (Å²) in [6.07, 6.45) is -6.25. The van der Waals surface area contributed by atoms with E-state index in [1.54, 1.807) is 19.9 Å². The Morgan fingerprint density at radius 2 is 1.73 bits per heavy atom. The zero-order chi connectivity index (χ0) is 36.7. The molecule has 2 aliphatic carbocycles. The summed E-state index contributed by atoms with van der Waals surface area (Å²) in [5, 5.41) is 10.8. The van der Waals surface area contributed by atoms with E-state index in [1.807, 2.05) is 0 Å². The number of rotatable bonds is 10. The van der Waals surface area contributed by atoms with Gasteiger partial charge >= 0.3 is 0 Å². The van der Waals surface area contributed by atoms with E-state index in [4.69, 9.17) is 22.3 Å². The number of aromatic nitrogens is 5. The highest BCUT2D eigenvalue weighted by Crippen LogP contribution is 2.68. The van der Waals surface area contributed by atoms with Crippen LogP contribution < -0.4 is 11.1 Å². The third-order valence-electron chi connectivity index (χ3n) is 9.45. The van der Waals surface area contributed by atoms with Crippen LogP contribution in [0, 0.1) is 31.4 Å². The fourth-order valence-electron chi connectivity index (χ4n) is 7.13. The lowest BCUT2D eigenvalue weighted by Gasteiger charge is -2.24. The molecule has 3 heterocycles. The zero-order valence-corrected chi connectivity index (χ0v) is 27.6. The van der Waals surface area contributed by atoms with Gasteiger partial charge in [-0.15, -0.1) is 0 Å². The predicted molar refractivity (Wildman–Crippen MR) is 171 cm³/mol. The van der Waals surface area contributed by atoms with E-state index in [9.17, 15) is 31.1 Å². The lowest BCUT2D eigenvalue weighted by Crippen LogP contribution is -2.35. The van der Waals surface area contributed by atoms with Crippen molar-refractivity contribution in [2.45, 2.75) is 70.5 Å². The van der Waals surface area contributed by atoms with Crippen molar-refractivity contribution in [3.05, 3.63) is 92.5 Å². The Kier molecular flexibility index (Phi) is 8.50. The number of hydrogen-bond acceptors (Lipinski definition) is 5. The highest BCUT2D eigenvalue weighted by molar-refractivity contribution is 6.37. The Morgan fingerprint density at radius 1 is 1.02 bits per heavy atom. The standard InChI is InChI=1S/C34H28ClF8N7O/c1-13-5-19(18-3-4-22(35)27-30(18)49(11-24(38)39)48-33(27)44)28(45-14(13)2)23(8-15-6-16(36)9-17(37)7-15)46-25(51)12-50-31-26(29(47-50)32(40)41)20-10-21(20)34(31,42)43/h3-7,9,20-21,23-24,32H,8,10-12H2,1-2H3,(H2,44,48)(H,46,51)/t20-,21+,23-/m0/s1. The maximum atomic E-state index is 15.3. The summed E-state index contributed by atoms with van der Waals surface area (Å²) in [6.45, 7) is 1.65. The molecule has 3 atom stereocenters. The Balaban J connectivity index is 1.35. The summed E-state index contributed by atoms with van der Waals surface area (Å²) in [7, 11) is 0. The van der Waals surface area contributed by atoms with Gasteiger partial charge in [-0.05, 0) is 68.0 Å². The number of nitrogens with two attached hydrogens (primary N) is 1. The van der Waals surface area contributed by atoms with Gasteiger partial charge in [0.1, 0.15) is 36.1 Å². The van der Waals surface area contributed by atoms with Crippen LogP contribution in [0.2, 0.25) is 5.02 Å². The largest absolute Gasteiger partial charge is 0.382 e. The average Bonchev–Trinajstić information content (AvgIpc) is 3.57. The molecule has 17 heteroatoms. The quantitative estimate of drug-likeness (QED) is 0.142. The van der Waals surface area contributed by atoms with Gasteiger partial charge in [0.25, 0.3) is 18.8 Å². The van der Waals surface area contributed by atoms with Crippen molar-refractivity contribution >= 4 is 34.2 Å². The van der Waals surface area contributed by atoms with Gasteiger partial charge in [-0.25, -0.2) is 26.3 Å². The topological polar surface area (TPSA) is 104 Å². The van der Waals surface area contributed by atoms with Crippen molar-refractivity contribution in [2.24, 2.45) is 5.92 Å².